The zero-order valence-electron chi connectivity index (χ0n) is 13.2. The third kappa shape index (κ3) is 3.64. The minimum absolute atomic E-state index is 0.0450. The maximum absolute atomic E-state index is 12.5. The Kier molecular flexibility index (Phi) is 4.81. The first-order chi connectivity index (χ1) is 11.1. The second-order valence-electron chi connectivity index (χ2n) is 6.21. The summed E-state index contributed by atoms with van der Waals surface area (Å²) in [6, 6.07) is 6.29. The summed E-state index contributed by atoms with van der Waals surface area (Å²) in [7, 11) is 0. The number of phenolic OH excluding ortho intramolecular Hbond substituents is 1. The number of hydrogen-bond donors (Lipinski definition) is 2. The highest BCUT2D eigenvalue weighted by atomic mass is 16.3. The number of nitrogens with one attached hydrogen (secondary N) is 1. The van der Waals surface area contributed by atoms with Gasteiger partial charge in [0.2, 0.25) is 5.91 Å². The van der Waals surface area contributed by atoms with E-state index in [4.69, 9.17) is 0 Å². The van der Waals surface area contributed by atoms with Crippen molar-refractivity contribution in [2.24, 2.45) is 5.92 Å². The van der Waals surface area contributed by atoms with E-state index in [-0.39, 0.29) is 23.5 Å². The number of benzene rings is 1. The molecule has 2 aliphatic rings. The molecule has 1 unspecified atom stereocenters. The number of nitrogens with zero attached hydrogens (tertiary/aromatic N) is 2. The van der Waals surface area contributed by atoms with Gasteiger partial charge in [-0.15, -0.1) is 0 Å². The molecule has 6 nitrogen and oxygen atoms in total. The smallest absolute Gasteiger partial charge is 0.253 e. The summed E-state index contributed by atoms with van der Waals surface area (Å²) in [5.41, 5.74) is 0.569. The van der Waals surface area contributed by atoms with Crippen molar-refractivity contribution in [3.8, 4) is 5.75 Å². The summed E-state index contributed by atoms with van der Waals surface area (Å²) in [5.74, 6) is 0.409. The molecule has 23 heavy (non-hydrogen) atoms. The third-order valence-corrected chi connectivity index (χ3v) is 4.64. The molecule has 0 aliphatic carbocycles. The number of hydrogen-bond acceptors (Lipinski definition) is 4. The van der Waals surface area contributed by atoms with Gasteiger partial charge in [-0.2, -0.15) is 0 Å². The van der Waals surface area contributed by atoms with Gasteiger partial charge in [0.15, 0.2) is 0 Å². The van der Waals surface area contributed by atoms with Gasteiger partial charge in [0, 0.05) is 38.3 Å². The Hall–Kier alpha value is -2.08. The topological polar surface area (TPSA) is 72.9 Å². The average Bonchev–Trinajstić information content (AvgIpc) is 2.62. The molecule has 0 aromatic heterocycles. The Morgan fingerprint density at radius 1 is 1.04 bits per heavy atom. The van der Waals surface area contributed by atoms with Crippen molar-refractivity contribution in [1.82, 2.24) is 15.1 Å². The molecule has 6 heteroatoms. The number of piperazine rings is 1. The van der Waals surface area contributed by atoms with Gasteiger partial charge in [-0.25, -0.2) is 0 Å². The Balaban J connectivity index is 1.54. The summed E-state index contributed by atoms with van der Waals surface area (Å²) in [6.45, 7) is 4.08. The molecule has 2 heterocycles. The van der Waals surface area contributed by atoms with E-state index in [1.54, 1.807) is 17.0 Å². The van der Waals surface area contributed by atoms with Crippen molar-refractivity contribution < 1.29 is 14.7 Å². The monoisotopic (exact) mass is 317 g/mol. The first-order valence-electron chi connectivity index (χ1n) is 8.23. The van der Waals surface area contributed by atoms with Gasteiger partial charge < -0.3 is 20.2 Å². The van der Waals surface area contributed by atoms with Gasteiger partial charge in [0.05, 0.1) is 5.92 Å². The van der Waals surface area contributed by atoms with Crippen LogP contribution in [0, 0.1) is 5.92 Å². The quantitative estimate of drug-likeness (QED) is 0.841. The Bertz CT molecular complexity index is 559. The molecule has 2 amide bonds. The van der Waals surface area contributed by atoms with Crippen molar-refractivity contribution in [2.75, 3.05) is 39.3 Å². The molecule has 1 aromatic rings. The highest BCUT2D eigenvalue weighted by Gasteiger charge is 2.29. The standard InChI is InChI=1S/C17H23N3O3/c21-15-5-3-13(4-6-15)16(22)19-8-10-20(11-9-19)17(23)14-2-1-7-18-12-14/h3-6,14,18,21H,1-2,7-12H2. The zero-order chi connectivity index (χ0) is 16.2. The van der Waals surface area contributed by atoms with Gasteiger partial charge in [0.1, 0.15) is 5.75 Å². The van der Waals surface area contributed by atoms with Crippen LogP contribution in [0.25, 0.3) is 0 Å². The van der Waals surface area contributed by atoms with Gasteiger partial charge in [-0.05, 0) is 43.7 Å². The largest absolute Gasteiger partial charge is 0.508 e. The molecule has 2 aliphatic heterocycles. The summed E-state index contributed by atoms with van der Waals surface area (Å²) >= 11 is 0. The van der Waals surface area contributed by atoms with Crippen molar-refractivity contribution in [3.05, 3.63) is 29.8 Å². The van der Waals surface area contributed by atoms with Crippen molar-refractivity contribution in [1.29, 1.82) is 0 Å². The molecule has 3 rings (SSSR count). The molecule has 124 valence electrons. The van der Waals surface area contributed by atoms with Gasteiger partial charge in [0.25, 0.3) is 5.91 Å². The van der Waals surface area contributed by atoms with E-state index < -0.39 is 0 Å². The van der Waals surface area contributed by atoms with Crippen molar-refractivity contribution in [3.63, 3.8) is 0 Å². The number of rotatable bonds is 2. The second-order valence-corrected chi connectivity index (χ2v) is 6.21. The zero-order valence-corrected chi connectivity index (χ0v) is 13.2. The SMILES string of the molecule is O=C(c1ccc(O)cc1)N1CCN(C(=O)C2CCCNC2)CC1. The number of phenols is 1. The second kappa shape index (κ2) is 7.00. The van der Waals surface area contributed by atoms with E-state index in [1.807, 2.05) is 4.90 Å². The lowest BCUT2D eigenvalue weighted by molar-refractivity contribution is -0.137. The number of amides is 2. The van der Waals surface area contributed by atoms with Crippen LogP contribution in [0.3, 0.4) is 0 Å². The molecular formula is C17H23N3O3. The van der Waals surface area contributed by atoms with Crippen LogP contribution >= 0.6 is 0 Å². The number of carbonyl (C=O) groups is 2. The van der Waals surface area contributed by atoms with Crippen molar-refractivity contribution >= 4 is 11.8 Å². The number of piperidine rings is 1. The minimum atomic E-state index is -0.0450. The third-order valence-electron chi connectivity index (χ3n) is 4.64. The molecule has 0 spiro atoms. The lowest BCUT2D eigenvalue weighted by Crippen LogP contribution is -2.53. The first-order valence-corrected chi connectivity index (χ1v) is 8.23. The molecule has 0 saturated carbocycles. The van der Waals surface area contributed by atoms with E-state index in [0.717, 1.165) is 25.9 Å². The molecule has 1 aromatic carbocycles. The van der Waals surface area contributed by atoms with Crippen LogP contribution in [0.1, 0.15) is 23.2 Å². The Labute approximate surface area is 136 Å². The molecule has 1 atom stereocenters. The van der Waals surface area contributed by atoms with Crippen LogP contribution in [0.2, 0.25) is 0 Å². The average molecular weight is 317 g/mol. The fraction of sp³-hybridized carbons (Fsp3) is 0.529. The van der Waals surface area contributed by atoms with Crippen LogP contribution in [0.15, 0.2) is 24.3 Å². The van der Waals surface area contributed by atoms with E-state index in [9.17, 15) is 14.7 Å². The lowest BCUT2D eigenvalue weighted by Gasteiger charge is -2.37. The number of carbonyl (C=O) groups excluding carboxylic acids is 2. The van der Waals surface area contributed by atoms with E-state index >= 15 is 0 Å². The van der Waals surface area contributed by atoms with Crippen LogP contribution in [0.4, 0.5) is 0 Å². The maximum Gasteiger partial charge on any atom is 0.253 e. The predicted molar refractivity (Wildman–Crippen MR) is 86.2 cm³/mol. The molecule has 0 bridgehead atoms. The highest BCUT2D eigenvalue weighted by molar-refractivity contribution is 5.94. The van der Waals surface area contributed by atoms with E-state index in [1.165, 1.54) is 12.1 Å². The minimum Gasteiger partial charge on any atom is -0.508 e. The summed E-state index contributed by atoms with van der Waals surface area (Å²) in [6.07, 6.45) is 2.01. The van der Waals surface area contributed by atoms with Gasteiger partial charge in [-0.3, -0.25) is 9.59 Å². The fourth-order valence-electron chi connectivity index (χ4n) is 3.24. The summed E-state index contributed by atoms with van der Waals surface area (Å²) < 4.78 is 0. The van der Waals surface area contributed by atoms with Gasteiger partial charge in [-0.1, -0.05) is 0 Å². The Morgan fingerprint density at radius 3 is 2.30 bits per heavy atom. The summed E-state index contributed by atoms with van der Waals surface area (Å²) in [4.78, 5) is 28.6. The van der Waals surface area contributed by atoms with Crippen LogP contribution in [-0.2, 0) is 4.79 Å². The van der Waals surface area contributed by atoms with Crippen molar-refractivity contribution in [2.45, 2.75) is 12.8 Å². The summed E-state index contributed by atoms with van der Waals surface area (Å²) in [5, 5.41) is 12.6. The van der Waals surface area contributed by atoms with Gasteiger partial charge >= 0.3 is 0 Å². The Morgan fingerprint density at radius 2 is 1.70 bits per heavy atom. The predicted octanol–water partition coefficient (Wildman–Crippen LogP) is 0.676. The molecule has 0 radical (unpaired) electrons. The molecule has 2 saturated heterocycles. The molecule has 2 fully saturated rings. The van der Waals surface area contributed by atoms with Crippen LogP contribution in [-0.4, -0.2) is 66.0 Å². The molecular weight excluding hydrogens is 294 g/mol. The number of aromatic hydroxyl groups is 1. The van der Waals surface area contributed by atoms with Crippen LogP contribution < -0.4 is 5.32 Å². The molecule has 2 N–H and O–H groups in total. The fourth-order valence-corrected chi connectivity index (χ4v) is 3.24. The maximum atomic E-state index is 12.5. The van der Waals surface area contributed by atoms with E-state index in [2.05, 4.69) is 5.32 Å². The normalized spacial score (nSPS) is 22.0. The van der Waals surface area contributed by atoms with E-state index in [0.29, 0.717) is 31.7 Å². The lowest BCUT2D eigenvalue weighted by atomic mass is 9.98. The van der Waals surface area contributed by atoms with Crippen LogP contribution in [0.5, 0.6) is 5.75 Å². The highest BCUT2D eigenvalue weighted by Crippen LogP contribution is 2.17. The first kappa shape index (κ1) is 15.8.